The smallest absolute Gasteiger partial charge is 0.131 e. The van der Waals surface area contributed by atoms with Crippen LogP contribution in [0.5, 0.6) is 5.75 Å². The highest BCUT2D eigenvalue weighted by molar-refractivity contribution is 7.55. The van der Waals surface area contributed by atoms with E-state index in [9.17, 15) is 4.39 Å². The van der Waals surface area contributed by atoms with E-state index >= 15 is 0 Å². The monoisotopic (exact) mass is 394 g/mol. The molecular weight excluding hydrogens is 366 g/mol. The minimum Gasteiger partial charge on any atom is -0.488 e. The molecule has 3 aromatic rings. The van der Waals surface area contributed by atoms with Crippen LogP contribution in [0, 0.1) is 19.7 Å². The molecule has 0 amide bonds. The van der Waals surface area contributed by atoms with Crippen molar-refractivity contribution < 1.29 is 9.13 Å². The molecule has 3 heteroatoms. The maximum atomic E-state index is 14.5. The maximum absolute atomic E-state index is 14.5. The standard InChI is InChI=1S/C25H28FOP/c1-17-11-12-22(21(26)13-17)28-23-15-20(25(3,4)5)14-18(2)24(23)27-16-19-9-7-6-8-10-19/h6-15,28H,16H2,1-5H3. The van der Waals surface area contributed by atoms with Crippen molar-refractivity contribution in [3.63, 3.8) is 0 Å². The number of aryl methyl sites for hydroxylation is 2. The van der Waals surface area contributed by atoms with Crippen LogP contribution >= 0.6 is 8.58 Å². The molecule has 3 rings (SSSR count). The zero-order chi connectivity index (χ0) is 20.3. The summed E-state index contributed by atoms with van der Waals surface area (Å²) in [5, 5.41) is 1.78. The molecule has 0 aliphatic rings. The molecular formula is C25H28FOP. The van der Waals surface area contributed by atoms with Crippen molar-refractivity contribution in [2.75, 3.05) is 0 Å². The number of halogens is 1. The summed E-state index contributed by atoms with van der Waals surface area (Å²) in [6, 6.07) is 20.0. The van der Waals surface area contributed by atoms with Crippen LogP contribution < -0.4 is 15.3 Å². The Morgan fingerprint density at radius 2 is 1.61 bits per heavy atom. The summed E-state index contributed by atoms with van der Waals surface area (Å²) in [7, 11) is 0.210. The predicted octanol–water partition coefficient (Wildman–Crippen LogP) is 5.95. The Bertz CT molecular complexity index is 958. The average molecular weight is 394 g/mol. The van der Waals surface area contributed by atoms with Gasteiger partial charge >= 0.3 is 0 Å². The van der Waals surface area contributed by atoms with E-state index in [1.807, 2.05) is 37.3 Å². The number of hydrogen-bond donors (Lipinski definition) is 0. The number of benzene rings is 3. The van der Waals surface area contributed by atoms with Crippen molar-refractivity contribution in [3.8, 4) is 5.75 Å². The Morgan fingerprint density at radius 1 is 0.893 bits per heavy atom. The molecule has 1 unspecified atom stereocenters. The fourth-order valence-electron chi connectivity index (χ4n) is 3.09. The Balaban J connectivity index is 1.99. The Kier molecular flexibility index (Phi) is 6.20. The minimum atomic E-state index is -0.147. The molecule has 146 valence electrons. The van der Waals surface area contributed by atoms with Gasteiger partial charge in [-0.3, -0.25) is 0 Å². The maximum Gasteiger partial charge on any atom is 0.131 e. The van der Waals surface area contributed by atoms with Gasteiger partial charge in [0, 0.05) is 10.6 Å². The summed E-state index contributed by atoms with van der Waals surface area (Å²) in [5.41, 5.74) is 4.42. The third-order valence-corrected chi connectivity index (χ3v) is 6.08. The van der Waals surface area contributed by atoms with E-state index in [-0.39, 0.29) is 19.8 Å². The van der Waals surface area contributed by atoms with Gasteiger partial charge in [-0.05, 0) is 53.6 Å². The molecule has 0 radical (unpaired) electrons. The largest absolute Gasteiger partial charge is 0.488 e. The van der Waals surface area contributed by atoms with Crippen LogP contribution in [0.15, 0.2) is 60.7 Å². The summed E-state index contributed by atoms with van der Waals surface area (Å²) < 4.78 is 20.8. The molecule has 0 fully saturated rings. The molecule has 0 heterocycles. The van der Waals surface area contributed by atoms with Crippen LogP contribution in [0.1, 0.15) is 43.0 Å². The molecule has 0 saturated heterocycles. The molecule has 0 aromatic heterocycles. The Morgan fingerprint density at radius 3 is 2.25 bits per heavy atom. The SMILES string of the molecule is Cc1ccc(Pc2cc(C(C)(C)C)cc(C)c2OCc2ccccc2)c(F)c1. The highest BCUT2D eigenvalue weighted by Gasteiger charge is 2.19. The van der Waals surface area contributed by atoms with E-state index in [2.05, 4.69) is 52.0 Å². The van der Waals surface area contributed by atoms with E-state index in [1.165, 1.54) is 5.56 Å². The quantitative estimate of drug-likeness (QED) is 0.486. The van der Waals surface area contributed by atoms with Gasteiger partial charge in [0.05, 0.1) is 0 Å². The third-order valence-electron chi connectivity index (χ3n) is 4.76. The molecule has 28 heavy (non-hydrogen) atoms. The first-order valence-electron chi connectivity index (χ1n) is 9.59. The van der Waals surface area contributed by atoms with Gasteiger partial charge in [-0.15, -0.1) is 0 Å². The third kappa shape index (κ3) is 5.00. The van der Waals surface area contributed by atoms with E-state index in [1.54, 1.807) is 6.07 Å². The van der Waals surface area contributed by atoms with Crippen LogP contribution in [-0.2, 0) is 12.0 Å². The molecule has 0 bridgehead atoms. The fourth-order valence-corrected chi connectivity index (χ4v) is 4.35. The van der Waals surface area contributed by atoms with E-state index in [0.29, 0.717) is 6.61 Å². The molecule has 0 saturated carbocycles. The van der Waals surface area contributed by atoms with Gasteiger partial charge in [-0.1, -0.05) is 77.9 Å². The number of rotatable bonds is 5. The van der Waals surface area contributed by atoms with Crippen LogP contribution in [0.3, 0.4) is 0 Å². The second-order valence-electron chi connectivity index (χ2n) is 8.30. The van der Waals surface area contributed by atoms with Crippen molar-refractivity contribution in [1.82, 2.24) is 0 Å². The second kappa shape index (κ2) is 8.45. The Hall–Kier alpha value is -2.18. The van der Waals surface area contributed by atoms with Crippen molar-refractivity contribution in [2.45, 2.75) is 46.6 Å². The lowest BCUT2D eigenvalue weighted by Crippen LogP contribution is -2.18. The molecule has 3 aromatic carbocycles. The van der Waals surface area contributed by atoms with Crippen LogP contribution in [0.4, 0.5) is 4.39 Å². The average Bonchev–Trinajstić information content (AvgIpc) is 2.63. The number of ether oxygens (including phenoxy) is 1. The molecule has 0 aliphatic heterocycles. The first-order valence-corrected chi connectivity index (χ1v) is 10.6. The van der Waals surface area contributed by atoms with Crippen molar-refractivity contribution in [3.05, 3.63) is 88.7 Å². The molecule has 0 aliphatic carbocycles. The van der Waals surface area contributed by atoms with Crippen LogP contribution in [0.2, 0.25) is 0 Å². The van der Waals surface area contributed by atoms with Gasteiger partial charge in [0.25, 0.3) is 0 Å². The molecule has 0 N–H and O–H groups in total. The highest BCUT2D eigenvalue weighted by Crippen LogP contribution is 2.31. The molecule has 0 spiro atoms. The fraction of sp³-hybridized carbons (Fsp3) is 0.280. The predicted molar refractivity (Wildman–Crippen MR) is 119 cm³/mol. The minimum absolute atomic E-state index is 0.0216. The Labute approximate surface area is 169 Å². The molecule has 1 atom stereocenters. The van der Waals surface area contributed by atoms with Crippen LogP contribution in [0.25, 0.3) is 0 Å². The van der Waals surface area contributed by atoms with Crippen molar-refractivity contribution >= 4 is 19.2 Å². The van der Waals surface area contributed by atoms with E-state index in [4.69, 9.17) is 4.74 Å². The first kappa shape index (κ1) is 20.6. The summed E-state index contributed by atoms with van der Waals surface area (Å²) >= 11 is 0. The highest BCUT2D eigenvalue weighted by atomic mass is 31.1. The second-order valence-corrected chi connectivity index (χ2v) is 9.63. The zero-order valence-corrected chi connectivity index (χ0v) is 18.3. The van der Waals surface area contributed by atoms with Gasteiger partial charge in [0.15, 0.2) is 0 Å². The van der Waals surface area contributed by atoms with Crippen molar-refractivity contribution in [2.24, 2.45) is 0 Å². The van der Waals surface area contributed by atoms with Crippen LogP contribution in [-0.4, -0.2) is 0 Å². The van der Waals surface area contributed by atoms with Gasteiger partial charge in [-0.25, -0.2) is 4.39 Å². The van der Waals surface area contributed by atoms with Gasteiger partial charge in [0.2, 0.25) is 0 Å². The lowest BCUT2D eigenvalue weighted by molar-refractivity contribution is 0.306. The lowest BCUT2D eigenvalue weighted by Gasteiger charge is -2.23. The zero-order valence-electron chi connectivity index (χ0n) is 17.3. The molecule has 1 nitrogen and oxygen atoms in total. The van der Waals surface area contributed by atoms with Gasteiger partial charge in [-0.2, -0.15) is 0 Å². The summed E-state index contributed by atoms with van der Waals surface area (Å²) in [4.78, 5) is 0. The van der Waals surface area contributed by atoms with Gasteiger partial charge < -0.3 is 4.74 Å². The van der Waals surface area contributed by atoms with Crippen molar-refractivity contribution in [1.29, 1.82) is 0 Å². The summed E-state index contributed by atoms with van der Waals surface area (Å²) in [6.45, 7) is 11.1. The topological polar surface area (TPSA) is 9.23 Å². The van der Waals surface area contributed by atoms with Gasteiger partial charge in [0.1, 0.15) is 18.2 Å². The first-order chi connectivity index (χ1) is 13.2. The number of hydrogen-bond acceptors (Lipinski definition) is 1. The van der Waals surface area contributed by atoms with E-state index in [0.717, 1.165) is 33.0 Å². The summed E-state index contributed by atoms with van der Waals surface area (Å²) in [6.07, 6.45) is 0. The normalized spacial score (nSPS) is 11.9. The summed E-state index contributed by atoms with van der Waals surface area (Å²) in [5.74, 6) is 0.723. The lowest BCUT2D eigenvalue weighted by atomic mass is 9.86. The van der Waals surface area contributed by atoms with E-state index < -0.39 is 0 Å².